The number of nitrogens with one attached hydrogen (secondary N) is 1. The first-order valence-electron chi connectivity index (χ1n) is 9.64. The molecule has 2 atom stereocenters. The minimum absolute atomic E-state index is 0.0119. The van der Waals surface area contributed by atoms with Gasteiger partial charge in [-0.05, 0) is 67.9 Å². The number of hydrogen-bond donors (Lipinski definition) is 2. The van der Waals surface area contributed by atoms with E-state index in [-0.39, 0.29) is 33.0 Å². The quantitative estimate of drug-likeness (QED) is 0.724. The Morgan fingerprint density at radius 3 is 2.33 bits per heavy atom. The fourth-order valence-electron chi connectivity index (χ4n) is 4.51. The molecule has 2 saturated carbocycles. The van der Waals surface area contributed by atoms with Gasteiger partial charge in [-0.2, -0.15) is 0 Å². The van der Waals surface area contributed by atoms with Gasteiger partial charge in [0.1, 0.15) is 0 Å². The van der Waals surface area contributed by atoms with Crippen LogP contribution >= 0.6 is 11.6 Å². The van der Waals surface area contributed by atoms with Crippen LogP contribution in [0.25, 0.3) is 0 Å². The van der Waals surface area contributed by atoms with Crippen molar-refractivity contribution in [1.82, 2.24) is 0 Å². The summed E-state index contributed by atoms with van der Waals surface area (Å²) in [5.41, 5.74) is 0.0672. The first kappa shape index (κ1) is 21.2. The first-order chi connectivity index (χ1) is 14.2. The van der Waals surface area contributed by atoms with E-state index in [0.717, 1.165) is 25.0 Å². The van der Waals surface area contributed by atoms with Crippen molar-refractivity contribution < 1.29 is 27.1 Å². The number of carbonyl (C=O) groups is 1. The SMILES string of the molecule is O=C(Nc1ccc(F)c(F)c1)c1ccc(Cl)c(S(=O)(=O)[C@H]2CC3CCC(C2)[C@H]3O)c1. The molecule has 2 aromatic rings. The van der Waals surface area contributed by atoms with Gasteiger partial charge in [-0.3, -0.25) is 4.79 Å². The van der Waals surface area contributed by atoms with Gasteiger partial charge < -0.3 is 10.4 Å². The lowest BCUT2D eigenvalue weighted by Gasteiger charge is -2.32. The van der Waals surface area contributed by atoms with Crippen LogP contribution in [0.5, 0.6) is 0 Å². The van der Waals surface area contributed by atoms with E-state index in [9.17, 15) is 27.1 Å². The van der Waals surface area contributed by atoms with Gasteiger partial charge in [-0.1, -0.05) is 11.6 Å². The Balaban J connectivity index is 1.59. The maximum absolute atomic E-state index is 13.4. The van der Waals surface area contributed by atoms with Crippen molar-refractivity contribution in [3.8, 4) is 0 Å². The molecule has 2 bridgehead atoms. The highest BCUT2D eigenvalue weighted by atomic mass is 35.5. The number of hydrogen-bond acceptors (Lipinski definition) is 4. The van der Waals surface area contributed by atoms with Gasteiger partial charge in [0, 0.05) is 17.3 Å². The highest BCUT2D eigenvalue weighted by Crippen LogP contribution is 2.46. The number of sulfone groups is 1. The monoisotopic (exact) mass is 455 g/mol. The van der Waals surface area contributed by atoms with E-state index in [2.05, 4.69) is 5.32 Å². The summed E-state index contributed by atoms with van der Waals surface area (Å²) < 4.78 is 52.9. The van der Waals surface area contributed by atoms with Crippen LogP contribution in [0, 0.1) is 23.5 Å². The normalized spacial score (nSPS) is 25.9. The van der Waals surface area contributed by atoms with E-state index in [1.165, 1.54) is 24.3 Å². The van der Waals surface area contributed by atoms with Crippen LogP contribution in [-0.4, -0.2) is 30.8 Å². The number of halogens is 3. The van der Waals surface area contributed by atoms with Crippen molar-refractivity contribution in [3.63, 3.8) is 0 Å². The summed E-state index contributed by atoms with van der Waals surface area (Å²) in [6.45, 7) is 0. The van der Waals surface area contributed by atoms with Gasteiger partial charge in [0.2, 0.25) is 0 Å². The molecule has 2 fully saturated rings. The molecule has 1 amide bonds. The zero-order valence-electron chi connectivity index (χ0n) is 15.8. The molecule has 2 N–H and O–H groups in total. The molecular weight excluding hydrogens is 436 g/mol. The zero-order chi connectivity index (χ0) is 21.6. The van der Waals surface area contributed by atoms with E-state index in [4.69, 9.17) is 11.6 Å². The van der Waals surface area contributed by atoms with Crippen LogP contribution in [0.4, 0.5) is 14.5 Å². The maximum atomic E-state index is 13.4. The summed E-state index contributed by atoms with van der Waals surface area (Å²) in [6.07, 6.45) is 1.88. The summed E-state index contributed by atoms with van der Waals surface area (Å²) in [6, 6.07) is 6.83. The van der Waals surface area contributed by atoms with Crippen LogP contribution in [0.2, 0.25) is 5.02 Å². The molecular formula is C21H20ClF2NO4S. The Hall–Kier alpha value is -2.03. The van der Waals surface area contributed by atoms with Crippen LogP contribution in [0.1, 0.15) is 36.0 Å². The topological polar surface area (TPSA) is 83.5 Å². The predicted molar refractivity (Wildman–Crippen MR) is 108 cm³/mol. The van der Waals surface area contributed by atoms with Gasteiger partial charge >= 0.3 is 0 Å². The lowest BCUT2D eigenvalue weighted by atomic mass is 9.86. The van der Waals surface area contributed by atoms with Gasteiger partial charge in [0.05, 0.1) is 21.3 Å². The highest BCUT2D eigenvalue weighted by Gasteiger charge is 2.46. The van der Waals surface area contributed by atoms with E-state index in [1.54, 1.807) is 0 Å². The molecule has 4 rings (SSSR count). The molecule has 9 heteroatoms. The smallest absolute Gasteiger partial charge is 0.255 e. The van der Waals surface area contributed by atoms with Crippen molar-refractivity contribution in [2.75, 3.05) is 5.32 Å². The van der Waals surface area contributed by atoms with Crippen molar-refractivity contribution in [1.29, 1.82) is 0 Å². The molecule has 0 radical (unpaired) electrons. The summed E-state index contributed by atoms with van der Waals surface area (Å²) in [4.78, 5) is 12.4. The maximum Gasteiger partial charge on any atom is 0.255 e. The van der Waals surface area contributed by atoms with Crippen molar-refractivity contribution in [2.45, 2.75) is 41.9 Å². The number of rotatable bonds is 4. The number of aliphatic hydroxyl groups is 1. The van der Waals surface area contributed by atoms with Gasteiger partial charge in [0.25, 0.3) is 5.91 Å². The molecule has 160 valence electrons. The Morgan fingerprint density at radius 1 is 1.03 bits per heavy atom. The van der Waals surface area contributed by atoms with E-state index in [0.29, 0.717) is 12.8 Å². The predicted octanol–water partition coefficient (Wildman–Crippen LogP) is 4.19. The second-order valence-corrected chi connectivity index (χ2v) is 10.6. The minimum atomic E-state index is -3.82. The molecule has 0 saturated heterocycles. The van der Waals surface area contributed by atoms with Crippen LogP contribution in [-0.2, 0) is 9.84 Å². The third-order valence-electron chi connectivity index (χ3n) is 6.12. The standard InChI is InChI=1S/C21H20ClF2NO4S/c22-16-5-3-13(21(27)25-14-4-6-17(23)18(24)10-14)9-19(16)30(28,29)15-7-11-1-2-12(8-15)20(11)26/h3-6,9-12,15,20,26H,1-2,7-8H2,(H,25,27)/t11?,12?,15-,20-. The molecule has 2 aliphatic carbocycles. The summed E-state index contributed by atoms with van der Waals surface area (Å²) in [5.74, 6) is -2.90. The number of amides is 1. The lowest BCUT2D eigenvalue weighted by molar-refractivity contribution is 0.0618. The number of fused-ring (bicyclic) bond motifs is 2. The van der Waals surface area contributed by atoms with Crippen LogP contribution in [0.15, 0.2) is 41.3 Å². The van der Waals surface area contributed by atoms with Crippen molar-refractivity contribution >= 4 is 33.0 Å². The Labute approximate surface area is 178 Å². The van der Waals surface area contributed by atoms with Crippen molar-refractivity contribution in [3.05, 3.63) is 58.6 Å². The number of benzene rings is 2. The fourth-order valence-corrected chi connectivity index (χ4v) is 6.94. The second-order valence-electron chi connectivity index (χ2n) is 7.95. The largest absolute Gasteiger partial charge is 0.393 e. The summed E-state index contributed by atoms with van der Waals surface area (Å²) in [5, 5.41) is 11.9. The molecule has 0 spiro atoms. The third kappa shape index (κ3) is 3.84. The van der Waals surface area contributed by atoms with Crippen LogP contribution < -0.4 is 5.32 Å². The van der Waals surface area contributed by atoms with Gasteiger partial charge in [0.15, 0.2) is 21.5 Å². The lowest BCUT2D eigenvalue weighted by Crippen LogP contribution is -2.37. The van der Waals surface area contributed by atoms with Gasteiger partial charge in [-0.25, -0.2) is 17.2 Å². The summed E-state index contributed by atoms with van der Waals surface area (Å²) in [7, 11) is -3.82. The average Bonchev–Trinajstić information content (AvgIpc) is 2.91. The number of carbonyl (C=O) groups excluding carboxylic acids is 1. The van der Waals surface area contributed by atoms with Crippen molar-refractivity contribution in [2.24, 2.45) is 11.8 Å². The molecule has 30 heavy (non-hydrogen) atoms. The van der Waals surface area contributed by atoms with Crippen LogP contribution in [0.3, 0.4) is 0 Å². The first-order valence-corrected chi connectivity index (χ1v) is 11.6. The molecule has 2 unspecified atom stereocenters. The van der Waals surface area contributed by atoms with E-state index < -0.39 is 38.7 Å². The number of aliphatic hydroxyl groups excluding tert-OH is 1. The third-order valence-corrected chi connectivity index (χ3v) is 8.78. The molecule has 2 aliphatic rings. The Kier molecular flexibility index (Phi) is 5.59. The van der Waals surface area contributed by atoms with E-state index in [1.807, 2.05) is 0 Å². The molecule has 0 aromatic heterocycles. The summed E-state index contributed by atoms with van der Waals surface area (Å²) >= 11 is 6.17. The number of anilines is 1. The molecule has 5 nitrogen and oxygen atoms in total. The second kappa shape index (κ2) is 7.90. The molecule has 0 heterocycles. The highest BCUT2D eigenvalue weighted by molar-refractivity contribution is 7.92. The zero-order valence-corrected chi connectivity index (χ0v) is 17.4. The fraction of sp³-hybridized carbons (Fsp3) is 0.381. The Bertz CT molecular complexity index is 1090. The van der Waals surface area contributed by atoms with Gasteiger partial charge in [-0.15, -0.1) is 0 Å². The molecule has 2 aromatic carbocycles. The average molecular weight is 456 g/mol. The molecule has 0 aliphatic heterocycles. The van der Waals surface area contributed by atoms with E-state index >= 15 is 0 Å². The minimum Gasteiger partial charge on any atom is -0.393 e. The Morgan fingerprint density at radius 2 is 1.70 bits per heavy atom.